The Morgan fingerprint density at radius 1 is 1.50 bits per heavy atom. The Hall–Kier alpha value is -0.600. The van der Waals surface area contributed by atoms with Crippen LogP contribution >= 0.6 is 0 Å². The summed E-state index contributed by atoms with van der Waals surface area (Å²) in [7, 11) is 0. The zero-order valence-electron chi connectivity index (χ0n) is 6.46. The van der Waals surface area contributed by atoms with Crippen LogP contribution in [0.3, 0.4) is 0 Å². The lowest BCUT2D eigenvalue weighted by molar-refractivity contribution is 0.413. The van der Waals surface area contributed by atoms with Gasteiger partial charge in [0.05, 0.1) is 5.66 Å². The first-order chi connectivity index (χ1) is 4.54. The third-order valence-corrected chi connectivity index (χ3v) is 2.18. The Bertz CT molecular complexity index is 189. The average molecular weight is 138 g/mol. The summed E-state index contributed by atoms with van der Waals surface area (Å²) in [6.45, 7) is 4.08. The van der Waals surface area contributed by atoms with Crippen molar-refractivity contribution in [3.8, 4) is 0 Å². The van der Waals surface area contributed by atoms with Crippen LogP contribution in [0.25, 0.3) is 0 Å². The van der Waals surface area contributed by atoms with Crippen molar-refractivity contribution in [2.45, 2.75) is 19.5 Å². The molecule has 1 aliphatic carbocycles. The Kier molecular flexibility index (Phi) is 1.67. The van der Waals surface area contributed by atoms with Crippen LogP contribution in [0.4, 0.5) is 0 Å². The predicted octanol–water partition coefficient (Wildman–Crippen LogP) is 0.752. The second-order valence-corrected chi connectivity index (χ2v) is 2.99. The molecule has 0 aromatic heterocycles. The van der Waals surface area contributed by atoms with Crippen LogP contribution in [0.1, 0.15) is 13.8 Å². The van der Waals surface area contributed by atoms with E-state index in [1.807, 2.05) is 32.1 Å². The van der Waals surface area contributed by atoms with E-state index in [0.29, 0.717) is 0 Å². The topological polar surface area (TPSA) is 52.0 Å². The van der Waals surface area contributed by atoms with Gasteiger partial charge in [-0.15, -0.1) is 0 Å². The van der Waals surface area contributed by atoms with E-state index in [2.05, 4.69) is 0 Å². The van der Waals surface area contributed by atoms with Crippen LogP contribution in [-0.4, -0.2) is 5.66 Å². The SMILES string of the molecule is CC1=CC=CC(N)(N)C1C. The molecule has 0 aliphatic heterocycles. The standard InChI is InChI=1S/C8H14N2/c1-6-4-3-5-8(9,10)7(6)2/h3-5,7H,9-10H2,1-2H3. The van der Waals surface area contributed by atoms with Crippen molar-refractivity contribution in [2.75, 3.05) is 0 Å². The van der Waals surface area contributed by atoms with Gasteiger partial charge in [0.25, 0.3) is 0 Å². The molecule has 0 heterocycles. The van der Waals surface area contributed by atoms with Gasteiger partial charge in [0.2, 0.25) is 0 Å². The van der Waals surface area contributed by atoms with E-state index in [9.17, 15) is 0 Å². The van der Waals surface area contributed by atoms with Crippen LogP contribution in [-0.2, 0) is 0 Å². The highest BCUT2D eigenvalue weighted by Crippen LogP contribution is 2.22. The molecule has 0 radical (unpaired) electrons. The van der Waals surface area contributed by atoms with Crippen LogP contribution in [0, 0.1) is 5.92 Å². The molecule has 0 aromatic rings. The van der Waals surface area contributed by atoms with E-state index >= 15 is 0 Å². The first-order valence-corrected chi connectivity index (χ1v) is 3.48. The lowest BCUT2D eigenvalue weighted by Crippen LogP contribution is -2.54. The summed E-state index contributed by atoms with van der Waals surface area (Å²) in [4.78, 5) is 0. The normalized spacial score (nSPS) is 30.0. The molecule has 4 N–H and O–H groups in total. The second-order valence-electron chi connectivity index (χ2n) is 2.99. The largest absolute Gasteiger partial charge is 0.310 e. The zero-order chi connectivity index (χ0) is 7.78. The first kappa shape index (κ1) is 7.51. The number of nitrogens with two attached hydrogens (primary N) is 2. The quantitative estimate of drug-likeness (QED) is 0.485. The van der Waals surface area contributed by atoms with Gasteiger partial charge in [-0.25, -0.2) is 0 Å². The highest BCUT2D eigenvalue weighted by molar-refractivity contribution is 5.26. The summed E-state index contributed by atoms with van der Waals surface area (Å²) in [6.07, 6.45) is 5.79. The van der Waals surface area contributed by atoms with Crippen molar-refractivity contribution in [3.63, 3.8) is 0 Å². The maximum Gasteiger partial charge on any atom is 0.0895 e. The van der Waals surface area contributed by atoms with Crippen molar-refractivity contribution in [2.24, 2.45) is 17.4 Å². The molecular formula is C8H14N2. The smallest absolute Gasteiger partial charge is 0.0895 e. The molecule has 1 aliphatic rings. The molecule has 1 atom stereocenters. The van der Waals surface area contributed by atoms with Crippen LogP contribution < -0.4 is 11.5 Å². The van der Waals surface area contributed by atoms with Crippen molar-refractivity contribution in [1.29, 1.82) is 0 Å². The minimum Gasteiger partial charge on any atom is -0.310 e. The van der Waals surface area contributed by atoms with Gasteiger partial charge in [0, 0.05) is 5.92 Å². The van der Waals surface area contributed by atoms with E-state index in [0.717, 1.165) is 0 Å². The molecule has 0 fully saturated rings. The Morgan fingerprint density at radius 3 is 2.50 bits per heavy atom. The van der Waals surface area contributed by atoms with Crippen LogP contribution in [0.15, 0.2) is 23.8 Å². The molecule has 2 nitrogen and oxygen atoms in total. The van der Waals surface area contributed by atoms with E-state index in [4.69, 9.17) is 11.5 Å². The van der Waals surface area contributed by atoms with Gasteiger partial charge in [-0.1, -0.05) is 24.6 Å². The predicted molar refractivity (Wildman–Crippen MR) is 43.2 cm³/mol. The molecule has 0 saturated carbocycles. The molecular weight excluding hydrogens is 124 g/mol. The monoisotopic (exact) mass is 138 g/mol. The molecule has 0 spiro atoms. The summed E-state index contributed by atoms with van der Waals surface area (Å²) in [6, 6.07) is 0. The van der Waals surface area contributed by atoms with E-state index in [-0.39, 0.29) is 5.92 Å². The lowest BCUT2D eigenvalue weighted by Gasteiger charge is -2.31. The lowest BCUT2D eigenvalue weighted by atomic mass is 9.85. The minimum atomic E-state index is -0.640. The Labute approximate surface area is 61.6 Å². The average Bonchev–Trinajstić information content (AvgIpc) is 1.83. The summed E-state index contributed by atoms with van der Waals surface area (Å²) in [5.41, 5.74) is 12.1. The van der Waals surface area contributed by atoms with Gasteiger partial charge in [0.1, 0.15) is 0 Å². The molecule has 10 heavy (non-hydrogen) atoms. The van der Waals surface area contributed by atoms with Crippen molar-refractivity contribution < 1.29 is 0 Å². The minimum absolute atomic E-state index is 0.248. The fourth-order valence-electron chi connectivity index (χ4n) is 1.05. The van der Waals surface area contributed by atoms with Gasteiger partial charge in [0.15, 0.2) is 0 Å². The number of hydrogen-bond donors (Lipinski definition) is 2. The van der Waals surface area contributed by atoms with Crippen molar-refractivity contribution >= 4 is 0 Å². The fraction of sp³-hybridized carbons (Fsp3) is 0.500. The molecule has 1 rings (SSSR count). The molecule has 56 valence electrons. The number of allylic oxidation sites excluding steroid dienone is 2. The van der Waals surface area contributed by atoms with E-state index in [1.165, 1.54) is 5.57 Å². The maximum atomic E-state index is 5.76. The second kappa shape index (κ2) is 2.22. The van der Waals surface area contributed by atoms with Crippen LogP contribution in [0.2, 0.25) is 0 Å². The summed E-state index contributed by atoms with van der Waals surface area (Å²) < 4.78 is 0. The zero-order valence-corrected chi connectivity index (χ0v) is 6.46. The molecule has 2 heteroatoms. The Morgan fingerprint density at radius 2 is 2.10 bits per heavy atom. The first-order valence-electron chi connectivity index (χ1n) is 3.48. The summed E-state index contributed by atoms with van der Waals surface area (Å²) >= 11 is 0. The fourth-order valence-corrected chi connectivity index (χ4v) is 1.05. The van der Waals surface area contributed by atoms with Crippen molar-refractivity contribution in [1.82, 2.24) is 0 Å². The Balaban J connectivity index is 2.89. The van der Waals surface area contributed by atoms with Crippen LogP contribution in [0.5, 0.6) is 0 Å². The highest BCUT2D eigenvalue weighted by Gasteiger charge is 2.26. The molecule has 1 unspecified atom stereocenters. The van der Waals surface area contributed by atoms with E-state index < -0.39 is 5.66 Å². The number of rotatable bonds is 0. The van der Waals surface area contributed by atoms with E-state index in [1.54, 1.807) is 0 Å². The van der Waals surface area contributed by atoms with Gasteiger partial charge < -0.3 is 11.5 Å². The molecule has 0 amide bonds. The molecule has 0 bridgehead atoms. The third kappa shape index (κ3) is 1.13. The number of hydrogen-bond acceptors (Lipinski definition) is 2. The summed E-state index contributed by atoms with van der Waals surface area (Å²) in [5.74, 6) is 0.248. The van der Waals surface area contributed by atoms with Crippen molar-refractivity contribution in [3.05, 3.63) is 23.8 Å². The van der Waals surface area contributed by atoms with Gasteiger partial charge in [-0.05, 0) is 13.0 Å². The third-order valence-electron chi connectivity index (χ3n) is 2.18. The van der Waals surface area contributed by atoms with Gasteiger partial charge in [-0.3, -0.25) is 0 Å². The highest BCUT2D eigenvalue weighted by atomic mass is 15.0. The molecule has 0 aromatic carbocycles. The maximum absolute atomic E-state index is 5.76. The van der Waals surface area contributed by atoms with Gasteiger partial charge in [-0.2, -0.15) is 0 Å². The summed E-state index contributed by atoms with van der Waals surface area (Å²) in [5, 5.41) is 0. The van der Waals surface area contributed by atoms with Gasteiger partial charge >= 0.3 is 0 Å². The molecule has 0 saturated heterocycles.